The Kier molecular flexibility index (Phi) is 2.17. The van der Waals surface area contributed by atoms with Crippen LogP contribution < -0.4 is 5.69 Å². The van der Waals surface area contributed by atoms with E-state index in [4.69, 9.17) is 6.42 Å². The summed E-state index contributed by atoms with van der Waals surface area (Å²) in [7, 11) is 0. The molecule has 0 aliphatic rings. The summed E-state index contributed by atoms with van der Waals surface area (Å²) in [6.07, 6.45) is 9.24. The lowest BCUT2D eigenvalue weighted by Gasteiger charge is -2.06. The van der Waals surface area contributed by atoms with Crippen molar-refractivity contribution in [2.75, 3.05) is 0 Å². The Morgan fingerprint density at radius 3 is 3.00 bits per heavy atom. The number of nitrogens with one attached hydrogen (secondary N) is 1. The number of nitrogens with zero attached hydrogens (tertiary/aromatic N) is 1. The Bertz CT molecular complexity index is 315. The highest BCUT2D eigenvalue weighted by Gasteiger charge is 2.05. The smallest absolute Gasteiger partial charge is 0.313 e. The van der Waals surface area contributed by atoms with Crippen molar-refractivity contribution in [1.29, 1.82) is 0 Å². The second-order valence-electron chi connectivity index (χ2n) is 2.26. The van der Waals surface area contributed by atoms with Gasteiger partial charge in [-0.15, -0.1) is 6.42 Å². The van der Waals surface area contributed by atoms with Crippen molar-refractivity contribution in [3.05, 3.63) is 22.9 Å². The molecule has 0 bridgehead atoms. The van der Waals surface area contributed by atoms with Crippen molar-refractivity contribution in [3.8, 4) is 12.3 Å². The number of imidazole rings is 1. The van der Waals surface area contributed by atoms with Crippen LogP contribution in [0.15, 0.2) is 17.2 Å². The van der Waals surface area contributed by atoms with Crippen molar-refractivity contribution in [1.82, 2.24) is 9.55 Å². The number of aromatic amines is 1. The van der Waals surface area contributed by atoms with Gasteiger partial charge in [-0.3, -0.25) is 4.57 Å². The standard InChI is InChI=1S/C8H10N2O/c1-3-7(4-2)10-6-5-9-8(10)11/h1,5-7H,4H2,2H3,(H,9,11). The lowest BCUT2D eigenvalue weighted by Crippen LogP contribution is -2.20. The molecule has 1 N–H and O–H groups in total. The van der Waals surface area contributed by atoms with Crippen molar-refractivity contribution in [2.24, 2.45) is 0 Å². The topological polar surface area (TPSA) is 37.8 Å². The minimum Gasteiger partial charge on any atom is -0.313 e. The molecule has 11 heavy (non-hydrogen) atoms. The fourth-order valence-electron chi connectivity index (χ4n) is 0.971. The summed E-state index contributed by atoms with van der Waals surface area (Å²) in [6, 6.07) is -0.117. The van der Waals surface area contributed by atoms with Gasteiger partial charge in [0.15, 0.2) is 0 Å². The molecule has 0 fully saturated rings. The molecule has 0 amide bonds. The Hall–Kier alpha value is -1.43. The van der Waals surface area contributed by atoms with E-state index < -0.39 is 0 Å². The number of terminal acetylenes is 1. The van der Waals surface area contributed by atoms with E-state index in [1.54, 1.807) is 12.4 Å². The number of hydrogen-bond acceptors (Lipinski definition) is 1. The van der Waals surface area contributed by atoms with Gasteiger partial charge >= 0.3 is 5.69 Å². The average molecular weight is 150 g/mol. The van der Waals surface area contributed by atoms with E-state index in [1.165, 1.54) is 4.57 Å². The van der Waals surface area contributed by atoms with E-state index in [-0.39, 0.29) is 11.7 Å². The number of H-pyrrole nitrogens is 1. The highest BCUT2D eigenvalue weighted by molar-refractivity contribution is 4.99. The van der Waals surface area contributed by atoms with Gasteiger partial charge in [0, 0.05) is 12.4 Å². The van der Waals surface area contributed by atoms with Crippen LogP contribution in [0, 0.1) is 12.3 Å². The minimum atomic E-state index is -0.144. The fourth-order valence-corrected chi connectivity index (χ4v) is 0.971. The van der Waals surface area contributed by atoms with Crippen LogP contribution in [0.2, 0.25) is 0 Å². The molecule has 0 aromatic carbocycles. The van der Waals surface area contributed by atoms with Gasteiger partial charge in [-0.05, 0) is 6.42 Å². The van der Waals surface area contributed by atoms with Gasteiger partial charge in [-0.2, -0.15) is 0 Å². The average Bonchev–Trinajstić information content (AvgIpc) is 2.40. The monoisotopic (exact) mass is 150 g/mol. The SMILES string of the molecule is C#CC(CC)n1cc[nH]c1=O. The third-order valence-electron chi connectivity index (χ3n) is 1.59. The van der Waals surface area contributed by atoms with Gasteiger partial charge in [0.25, 0.3) is 0 Å². The molecule has 1 heterocycles. The molecule has 0 aliphatic heterocycles. The fraction of sp³-hybridized carbons (Fsp3) is 0.375. The van der Waals surface area contributed by atoms with E-state index in [0.717, 1.165) is 6.42 Å². The molecule has 0 saturated carbocycles. The van der Waals surface area contributed by atoms with Gasteiger partial charge in [0.1, 0.15) is 0 Å². The van der Waals surface area contributed by atoms with Crippen LogP contribution in [-0.2, 0) is 0 Å². The first-order valence-corrected chi connectivity index (χ1v) is 3.51. The summed E-state index contributed by atoms with van der Waals surface area (Å²) in [6.45, 7) is 1.95. The Balaban J connectivity index is 3.02. The molecule has 1 aromatic heterocycles. The summed E-state index contributed by atoms with van der Waals surface area (Å²) in [5.74, 6) is 2.54. The third kappa shape index (κ3) is 1.35. The number of rotatable bonds is 2. The number of hydrogen-bond donors (Lipinski definition) is 1. The van der Waals surface area contributed by atoms with Crippen LogP contribution in [0.1, 0.15) is 19.4 Å². The van der Waals surface area contributed by atoms with Gasteiger partial charge in [0.2, 0.25) is 0 Å². The Labute approximate surface area is 65.1 Å². The van der Waals surface area contributed by atoms with Crippen LogP contribution in [-0.4, -0.2) is 9.55 Å². The van der Waals surface area contributed by atoms with Crippen molar-refractivity contribution >= 4 is 0 Å². The third-order valence-corrected chi connectivity index (χ3v) is 1.59. The second-order valence-corrected chi connectivity index (χ2v) is 2.26. The largest absolute Gasteiger partial charge is 0.326 e. The van der Waals surface area contributed by atoms with Gasteiger partial charge in [0.05, 0.1) is 6.04 Å². The molecule has 3 heteroatoms. The predicted octanol–water partition coefficient (Wildman–Crippen LogP) is 0.761. The summed E-state index contributed by atoms with van der Waals surface area (Å²) in [5.41, 5.74) is -0.144. The van der Waals surface area contributed by atoms with Gasteiger partial charge < -0.3 is 4.98 Å². The van der Waals surface area contributed by atoms with E-state index in [2.05, 4.69) is 10.9 Å². The second kappa shape index (κ2) is 3.11. The molecule has 1 aromatic rings. The van der Waals surface area contributed by atoms with E-state index in [1.807, 2.05) is 6.92 Å². The molecule has 0 saturated heterocycles. The zero-order valence-corrected chi connectivity index (χ0v) is 6.37. The first-order chi connectivity index (χ1) is 5.29. The van der Waals surface area contributed by atoms with Crippen LogP contribution in [0.4, 0.5) is 0 Å². The van der Waals surface area contributed by atoms with Crippen LogP contribution >= 0.6 is 0 Å². The highest BCUT2D eigenvalue weighted by atomic mass is 16.1. The Morgan fingerprint density at radius 1 is 1.91 bits per heavy atom. The lowest BCUT2D eigenvalue weighted by atomic mass is 10.2. The summed E-state index contributed by atoms with van der Waals surface area (Å²) in [4.78, 5) is 13.5. The Morgan fingerprint density at radius 2 is 2.64 bits per heavy atom. The molecule has 0 aliphatic carbocycles. The summed E-state index contributed by atoms with van der Waals surface area (Å²) >= 11 is 0. The summed E-state index contributed by atoms with van der Waals surface area (Å²) < 4.78 is 1.51. The first-order valence-electron chi connectivity index (χ1n) is 3.51. The zero-order valence-electron chi connectivity index (χ0n) is 6.37. The maximum Gasteiger partial charge on any atom is 0.326 e. The maximum absolute atomic E-state index is 11.0. The molecular formula is C8H10N2O. The van der Waals surface area contributed by atoms with Crippen LogP contribution in [0.25, 0.3) is 0 Å². The van der Waals surface area contributed by atoms with Gasteiger partial charge in [-0.25, -0.2) is 4.79 Å². The van der Waals surface area contributed by atoms with E-state index in [9.17, 15) is 4.79 Å². The minimum absolute atomic E-state index is 0.117. The predicted molar refractivity (Wildman–Crippen MR) is 43.2 cm³/mol. The first kappa shape index (κ1) is 7.67. The highest BCUT2D eigenvalue weighted by Crippen LogP contribution is 2.04. The molecular weight excluding hydrogens is 140 g/mol. The molecule has 0 spiro atoms. The van der Waals surface area contributed by atoms with Crippen LogP contribution in [0.3, 0.4) is 0 Å². The molecule has 3 nitrogen and oxygen atoms in total. The molecule has 1 rings (SSSR count). The van der Waals surface area contributed by atoms with Crippen molar-refractivity contribution in [3.63, 3.8) is 0 Å². The van der Waals surface area contributed by atoms with E-state index in [0.29, 0.717) is 0 Å². The molecule has 0 radical (unpaired) electrons. The summed E-state index contributed by atoms with van der Waals surface area (Å²) in [5, 5.41) is 0. The maximum atomic E-state index is 11.0. The van der Waals surface area contributed by atoms with Crippen LogP contribution in [0.5, 0.6) is 0 Å². The zero-order chi connectivity index (χ0) is 8.27. The molecule has 58 valence electrons. The van der Waals surface area contributed by atoms with E-state index >= 15 is 0 Å². The van der Waals surface area contributed by atoms with Crippen molar-refractivity contribution < 1.29 is 0 Å². The quantitative estimate of drug-likeness (QED) is 0.621. The lowest BCUT2D eigenvalue weighted by molar-refractivity contribution is 0.585. The molecule has 1 atom stereocenters. The van der Waals surface area contributed by atoms with Crippen molar-refractivity contribution in [2.45, 2.75) is 19.4 Å². The molecule has 1 unspecified atom stereocenters. The van der Waals surface area contributed by atoms with Gasteiger partial charge in [-0.1, -0.05) is 12.8 Å². The number of aromatic nitrogens is 2. The normalized spacial score (nSPS) is 12.4.